The van der Waals surface area contributed by atoms with Crippen LogP contribution >= 0.6 is 0 Å². The van der Waals surface area contributed by atoms with Crippen LogP contribution in [-0.2, 0) is 4.79 Å². The highest BCUT2D eigenvalue weighted by Crippen LogP contribution is 2.32. The van der Waals surface area contributed by atoms with Gasteiger partial charge in [0, 0.05) is 24.0 Å². The average Bonchev–Trinajstić information content (AvgIpc) is 2.55. The van der Waals surface area contributed by atoms with Crippen LogP contribution in [0.3, 0.4) is 0 Å². The third-order valence-electron chi connectivity index (χ3n) is 3.08. The van der Waals surface area contributed by atoms with Crippen molar-refractivity contribution in [2.45, 2.75) is 6.92 Å². The van der Waals surface area contributed by atoms with Crippen molar-refractivity contribution in [3.05, 3.63) is 53.9 Å². The summed E-state index contributed by atoms with van der Waals surface area (Å²) in [6, 6.07) is 9.07. The predicted molar refractivity (Wildman–Crippen MR) is 86.2 cm³/mol. The molecule has 1 N–H and O–H groups in total. The van der Waals surface area contributed by atoms with Gasteiger partial charge in [-0.25, -0.2) is 0 Å². The summed E-state index contributed by atoms with van der Waals surface area (Å²) in [7, 11) is 3.13. The molecule has 1 heterocycles. The molecule has 0 atom stereocenters. The number of aromatic nitrogens is 1. The molecule has 0 aliphatic carbocycles. The van der Waals surface area contributed by atoms with Crippen LogP contribution < -0.4 is 14.8 Å². The fourth-order valence-electron chi connectivity index (χ4n) is 1.93. The number of benzene rings is 1. The first-order chi connectivity index (χ1) is 10.6. The molecular weight excluding hydrogens is 280 g/mol. The van der Waals surface area contributed by atoms with E-state index in [1.165, 1.54) is 6.08 Å². The van der Waals surface area contributed by atoms with E-state index in [1.54, 1.807) is 32.6 Å². The summed E-state index contributed by atoms with van der Waals surface area (Å²) in [5.74, 6) is 0.958. The topological polar surface area (TPSA) is 60.5 Å². The number of amides is 1. The summed E-state index contributed by atoms with van der Waals surface area (Å²) in [6.07, 6.45) is 4.78. The lowest BCUT2D eigenvalue weighted by molar-refractivity contribution is -0.111. The van der Waals surface area contributed by atoms with Gasteiger partial charge in [0.05, 0.1) is 19.9 Å². The van der Waals surface area contributed by atoms with Gasteiger partial charge in [-0.2, -0.15) is 0 Å². The van der Waals surface area contributed by atoms with Gasteiger partial charge in [0.25, 0.3) is 0 Å². The number of ether oxygens (including phenoxy) is 2. The molecule has 2 rings (SSSR count). The van der Waals surface area contributed by atoms with Gasteiger partial charge in [-0.05, 0) is 36.8 Å². The fourth-order valence-corrected chi connectivity index (χ4v) is 1.93. The fraction of sp³-hybridized carbons (Fsp3) is 0.176. The van der Waals surface area contributed by atoms with Gasteiger partial charge in [0.15, 0.2) is 11.5 Å². The number of aryl methyl sites for hydroxylation is 1. The maximum absolute atomic E-state index is 12.0. The Bertz CT molecular complexity index is 682. The maximum Gasteiger partial charge on any atom is 0.248 e. The minimum absolute atomic E-state index is 0.235. The van der Waals surface area contributed by atoms with Crippen molar-refractivity contribution in [2.24, 2.45) is 0 Å². The zero-order chi connectivity index (χ0) is 15.9. The van der Waals surface area contributed by atoms with Gasteiger partial charge >= 0.3 is 0 Å². The molecule has 5 heteroatoms. The van der Waals surface area contributed by atoms with Crippen LogP contribution in [-0.4, -0.2) is 25.1 Å². The number of hydrogen-bond acceptors (Lipinski definition) is 4. The quantitative estimate of drug-likeness (QED) is 0.862. The van der Waals surface area contributed by atoms with E-state index in [4.69, 9.17) is 9.47 Å². The molecule has 22 heavy (non-hydrogen) atoms. The molecule has 0 fully saturated rings. The number of pyridine rings is 1. The first-order valence-corrected chi connectivity index (χ1v) is 6.76. The molecule has 0 bridgehead atoms. The minimum atomic E-state index is -0.235. The molecule has 0 aliphatic heterocycles. The molecule has 0 radical (unpaired) electrons. The molecule has 0 saturated carbocycles. The van der Waals surface area contributed by atoms with Crippen LogP contribution in [0.1, 0.15) is 11.3 Å². The van der Waals surface area contributed by atoms with Crippen molar-refractivity contribution in [3.8, 4) is 11.5 Å². The Balaban J connectivity index is 2.13. The van der Waals surface area contributed by atoms with E-state index < -0.39 is 0 Å². The molecule has 0 aliphatic rings. The lowest BCUT2D eigenvalue weighted by atomic mass is 10.1. The van der Waals surface area contributed by atoms with Gasteiger partial charge < -0.3 is 14.8 Å². The molecule has 1 amide bonds. The number of methoxy groups -OCH3 is 2. The SMILES string of the molecule is COc1cc(C)c(NC(=O)/C=C/c2ccccn2)cc1OC. The van der Waals surface area contributed by atoms with Crippen LogP contribution in [0.2, 0.25) is 0 Å². The number of rotatable bonds is 5. The van der Waals surface area contributed by atoms with Crippen molar-refractivity contribution >= 4 is 17.7 Å². The number of carbonyl (C=O) groups excluding carboxylic acids is 1. The summed E-state index contributed by atoms with van der Waals surface area (Å²) in [5.41, 5.74) is 2.28. The van der Waals surface area contributed by atoms with Crippen molar-refractivity contribution in [1.29, 1.82) is 0 Å². The van der Waals surface area contributed by atoms with Crippen LogP contribution in [0, 0.1) is 6.92 Å². The molecule has 2 aromatic rings. The number of nitrogens with zero attached hydrogens (tertiary/aromatic N) is 1. The van der Waals surface area contributed by atoms with E-state index in [0.29, 0.717) is 17.2 Å². The van der Waals surface area contributed by atoms with Crippen molar-refractivity contribution in [3.63, 3.8) is 0 Å². The number of carbonyl (C=O) groups is 1. The maximum atomic E-state index is 12.0. The standard InChI is InChI=1S/C17H18N2O3/c1-12-10-15(21-2)16(22-3)11-14(12)19-17(20)8-7-13-6-4-5-9-18-13/h4-11H,1-3H3,(H,19,20)/b8-7+. The zero-order valence-electron chi connectivity index (χ0n) is 12.8. The lowest BCUT2D eigenvalue weighted by Crippen LogP contribution is -2.09. The van der Waals surface area contributed by atoms with Crippen LogP contribution in [0.15, 0.2) is 42.6 Å². The lowest BCUT2D eigenvalue weighted by Gasteiger charge is -2.12. The molecule has 1 aromatic carbocycles. The van der Waals surface area contributed by atoms with Crippen LogP contribution in [0.5, 0.6) is 11.5 Å². The highest BCUT2D eigenvalue weighted by molar-refractivity contribution is 6.02. The molecule has 1 aromatic heterocycles. The van der Waals surface area contributed by atoms with E-state index in [0.717, 1.165) is 11.3 Å². The highest BCUT2D eigenvalue weighted by Gasteiger charge is 2.09. The summed E-state index contributed by atoms with van der Waals surface area (Å²) < 4.78 is 10.5. The summed E-state index contributed by atoms with van der Waals surface area (Å²) in [6.45, 7) is 1.89. The normalized spacial score (nSPS) is 10.5. The Morgan fingerprint density at radius 2 is 1.91 bits per heavy atom. The second-order valence-electron chi connectivity index (χ2n) is 4.60. The molecule has 0 spiro atoms. The second kappa shape index (κ2) is 7.26. The van der Waals surface area contributed by atoms with Crippen LogP contribution in [0.25, 0.3) is 6.08 Å². The average molecular weight is 298 g/mol. The third-order valence-corrected chi connectivity index (χ3v) is 3.08. The van der Waals surface area contributed by atoms with Gasteiger partial charge in [0.2, 0.25) is 5.91 Å². The van der Waals surface area contributed by atoms with Gasteiger partial charge in [-0.15, -0.1) is 0 Å². The van der Waals surface area contributed by atoms with Gasteiger partial charge in [-0.3, -0.25) is 9.78 Å². The molecular formula is C17H18N2O3. The first-order valence-electron chi connectivity index (χ1n) is 6.76. The Morgan fingerprint density at radius 3 is 2.55 bits per heavy atom. The Kier molecular flexibility index (Phi) is 5.14. The molecule has 5 nitrogen and oxygen atoms in total. The van der Waals surface area contributed by atoms with E-state index in [1.807, 2.05) is 31.2 Å². The summed E-state index contributed by atoms with van der Waals surface area (Å²) in [4.78, 5) is 16.1. The van der Waals surface area contributed by atoms with E-state index in [9.17, 15) is 4.79 Å². The largest absolute Gasteiger partial charge is 0.493 e. The van der Waals surface area contributed by atoms with Crippen LogP contribution in [0.4, 0.5) is 5.69 Å². The number of nitrogens with one attached hydrogen (secondary N) is 1. The van der Waals surface area contributed by atoms with E-state index >= 15 is 0 Å². The Hall–Kier alpha value is -2.82. The zero-order valence-corrected chi connectivity index (χ0v) is 12.8. The van der Waals surface area contributed by atoms with Crippen molar-refractivity contribution in [1.82, 2.24) is 4.98 Å². The van der Waals surface area contributed by atoms with Gasteiger partial charge in [-0.1, -0.05) is 6.07 Å². The number of anilines is 1. The third kappa shape index (κ3) is 3.85. The minimum Gasteiger partial charge on any atom is -0.493 e. The second-order valence-corrected chi connectivity index (χ2v) is 4.60. The highest BCUT2D eigenvalue weighted by atomic mass is 16.5. The Labute approximate surface area is 129 Å². The smallest absolute Gasteiger partial charge is 0.248 e. The number of hydrogen-bond donors (Lipinski definition) is 1. The van der Waals surface area contributed by atoms with E-state index in [-0.39, 0.29) is 5.91 Å². The molecule has 0 unspecified atom stereocenters. The van der Waals surface area contributed by atoms with Crippen molar-refractivity contribution in [2.75, 3.05) is 19.5 Å². The molecule has 114 valence electrons. The Morgan fingerprint density at radius 1 is 1.18 bits per heavy atom. The van der Waals surface area contributed by atoms with Crippen molar-refractivity contribution < 1.29 is 14.3 Å². The van der Waals surface area contributed by atoms with E-state index in [2.05, 4.69) is 10.3 Å². The monoisotopic (exact) mass is 298 g/mol. The predicted octanol–water partition coefficient (Wildman–Crippen LogP) is 3.06. The molecule has 0 saturated heterocycles. The van der Waals surface area contributed by atoms with Gasteiger partial charge in [0.1, 0.15) is 0 Å². The summed E-state index contributed by atoms with van der Waals surface area (Å²) in [5, 5.41) is 2.82. The summed E-state index contributed by atoms with van der Waals surface area (Å²) >= 11 is 0. The first kappa shape index (κ1) is 15.6.